The molecule has 0 radical (unpaired) electrons. The van der Waals surface area contributed by atoms with Crippen molar-refractivity contribution < 1.29 is 23.1 Å². The molecule has 0 N–H and O–H groups in total. The molecule has 1 fully saturated rings. The molecule has 1 aliphatic rings. The lowest BCUT2D eigenvalue weighted by Crippen LogP contribution is -2.54. The molecule has 3 aromatic rings. The number of halogens is 1. The predicted octanol–water partition coefficient (Wildman–Crippen LogP) is 4.14. The molecule has 1 amide bonds. The summed E-state index contributed by atoms with van der Waals surface area (Å²) in [5, 5.41) is 0. The Morgan fingerprint density at radius 1 is 1.14 bits per heavy atom. The topological polar surface area (TPSA) is 51.9 Å². The van der Waals surface area contributed by atoms with E-state index in [2.05, 4.69) is 0 Å². The van der Waals surface area contributed by atoms with Gasteiger partial charge in [-0.05, 0) is 30.3 Å². The van der Waals surface area contributed by atoms with Crippen molar-refractivity contribution in [3.05, 3.63) is 77.8 Å². The minimum Gasteiger partial charge on any atom is -0.497 e. The van der Waals surface area contributed by atoms with Crippen molar-refractivity contribution in [1.29, 1.82) is 0 Å². The van der Waals surface area contributed by atoms with E-state index in [0.29, 0.717) is 24.4 Å². The quantitative estimate of drug-likeness (QED) is 0.644. The largest absolute Gasteiger partial charge is 0.497 e. The van der Waals surface area contributed by atoms with Crippen LogP contribution in [-0.2, 0) is 11.3 Å². The van der Waals surface area contributed by atoms with E-state index >= 15 is 0 Å². The number of methoxy groups -OCH3 is 1. The van der Waals surface area contributed by atoms with Gasteiger partial charge in [0.1, 0.15) is 17.3 Å². The van der Waals surface area contributed by atoms with Gasteiger partial charge in [0.15, 0.2) is 5.76 Å². The van der Waals surface area contributed by atoms with Crippen LogP contribution in [0.5, 0.6) is 5.75 Å². The molecule has 0 atom stereocenters. The molecule has 144 valence electrons. The first-order valence-electron chi connectivity index (χ1n) is 9.02. The first kappa shape index (κ1) is 18.3. The Hall–Kier alpha value is -3.12. The Morgan fingerprint density at radius 2 is 1.96 bits per heavy atom. The SMILES string of the molecule is COc1cccc(-c2ccc(C(=O)N3CC(OCc4ccccc4F)C3)o2)c1. The van der Waals surface area contributed by atoms with Gasteiger partial charge in [-0.15, -0.1) is 0 Å². The normalized spacial score (nSPS) is 14.0. The Labute approximate surface area is 162 Å². The highest BCUT2D eigenvalue weighted by molar-refractivity contribution is 5.92. The Kier molecular flexibility index (Phi) is 5.12. The maximum absolute atomic E-state index is 13.6. The zero-order valence-electron chi connectivity index (χ0n) is 15.4. The molecule has 0 bridgehead atoms. The van der Waals surface area contributed by atoms with Crippen LogP contribution in [0.3, 0.4) is 0 Å². The fourth-order valence-corrected chi connectivity index (χ4v) is 3.07. The average molecular weight is 381 g/mol. The molecule has 1 aromatic heterocycles. The van der Waals surface area contributed by atoms with Gasteiger partial charge in [-0.1, -0.05) is 30.3 Å². The Morgan fingerprint density at radius 3 is 2.75 bits per heavy atom. The van der Waals surface area contributed by atoms with Gasteiger partial charge >= 0.3 is 0 Å². The van der Waals surface area contributed by atoms with E-state index in [9.17, 15) is 9.18 Å². The summed E-state index contributed by atoms with van der Waals surface area (Å²) >= 11 is 0. The molecule has 2 heterocycles. The molecular formula is C22H20FNO4. The van der Waals surface area contributed by atoms with Crippen LogP contribution in [0.1, 0.15) is 16.1 Å². The monoisotopic (exact) mass is 381 g/mol. The van der Waals surface area contributed by atoms with E-state index in [1.165, 1.54) is 6.07 Å². The zero-order chi connectivity index (χ0) is 19.5. The lowest BCUT2D eigenvalue weighted by molar-refractivity contribution is -0.0518. The van der Waals surface area contributed by atoms with E-state index in [1.807, 2.05) is 24.3 Å². The number of hydrogen-bond acceptors (Lipinski definition) is 4. The van der Waals surface area contributed by atoms with E-state index in [0.717, 1.165) is 11.3 Å². The third-order valence-electron chi connectivity index (χ3n) is 4.74. The van der Waals surface area contributed by atoms with Crippen LogP contribution in [0.2, 0.25) is 0 Å². The molecule has 0 saturated carbocycles. The molecular weight excluding hydrogens is 361 g/mol. The number of benzene rings is 2. The van der Waals surface area contributed by atoms with Crippen LogP contribution in [0.15, 0.2) is 65.1 Å². The van der Waals surface area contributed by atoms with Crippen molar-refractivity contribution in [3.8, 4) is 17.1 Å². The van der Waals surface area contributed by atoms with Crippen LogP contribution in [-0.4, -0.2) is 37.1 Å². The lowest BCUT2D eigenvalue weighted by atomic mass is 10.1. The summed E-state index contributed by atoms with van der Waals surface area (Å²) in [7, 11) is 1.60. The highest BCUT2D eigenvalue weighted by Gasteiger charge is 2.33. The highest BCUT2D eigenvalue weighted by Crippen LogP contribution is 2.27. The summed E-state index contributed by atoms with van der Waals surface area (Å²) in [6.45, 7) is 1.12. The highest BCUT2D eigenvalue weighted by atomic mass is 19.1. The summed E-state index contributed by atoms with van der Waals surface area (Å²) in [6.07, 6.45) is -0.101. The molecule has 28 heavy (non-hydrogen) atoms. The summed E-state index contributed by atoms with van der Waals surface area (Å²) < 4.78 is 30.2. The number of carbonyl (C=O) groups excluding carboxylic acids is 1. The van der Waals surface area contributed by atoms with Crippen molar-refractivity contribution in [1.82, 2.24) is 4.90 Å². The number of amides is 1. The fraction of sp³-hybridized carbons (Fsp3) is 0.227. The first-order valence-corrected chi connectivity index (χ1v) is 9.02. The predicted molar refractivity (Wildman–Crippen MR) is 102 cm³/mol. The zero-order valence-corrected chi connectivity index (χ0v) is 15.4. The lowest BCUT2D eigenvalue weighted by Gasteiger charge is -2.38. The molecule has 0 unspecified atom stereocenters. The summed E-state index contributed by atoms with van der Waals surface area (Å²) in [5.41, 5.74) is 1.36. The third-order valence-corrected chi connectivity index (χ3v) is 4.74. The van der Waals surface area contributed by atoms with Crippen LogP contribution in [0, 0.1) is 5.82 Å². The Balaban J connectivity index is 1.33. The van der Waals surface area contributed by atoms with Crippen LogP contribution < -0.4 is 4.74 Å². The second-order valence-corrected chi connectivity index (χ2v) is 6.63. The number of nitrogens with zero attached hydrogens (tertiary/aromatic N) is 1. The number of rotatable bonds is 6. The standard InChI is InChI=1S/C22H20FNO4/c1-26-17-7-4-6-15(11-17)20-9-10-21(28-20)22(25)24-12-18(13-24)27-14-16-5-2-3-8-19(16)23/h2-11,18H,12-14H2,1H3. The van der Waals surface area contributed by atoms with E-state index in [1.54, 1.807) is 42.3 Å². The molecule has 4 rings (SSSR count). The van der Waals surface area contributed by atoms with Gasteiger partial charge in [-0.3, -0.25) is 4.79 Å². The summed E-state index contributed by atoms with van der Waals surface area (Å²) in [5.74, 6) is 1.15. The van der Waals surface area contributed by atoms with Crippen molar-refractivity contribution in [2.45, 2.75) is 12.7 Å². The van der Waals surface area contributed by atoms with E-state index in [-0.39, 0.29) is 30.2 Å². The minimum atomic E-state index is -0.282. The minimum absolute atomic E-state index is 0.101. The van der Waals surface area contributed by atoms with Gasteiger partial charge in [0.05, 0.1) is 19.8 Å². The molecule has 1 aliphatic heterocycles. The van der Waals surface area contributed by atoms with E-state index < -0.39 is 0 Å². The van der Waals surface area contributed by atoms with Crippen LogP contribution in [0.4, 0.5) is 4.39 Å². The smallest absolute Gasteiger partial charge is 0.289 e. The van der Waals surface area contributed by atoms with Crippen molar-refractivity contribution in [2.24, 2.45) is 0 Å². The molecule has 2 aromatic carbocycles. The van der Waals surface area contributed by atoms with E-state index in [4.69, 9.17) is 13.9 Å². The van der Waals surface area contributed by atoms with Crippen molar-refractivity contribution >= 4 is 5.91 Å². The van der Waals surface area contributed by atoms with Gasteiger partial charge in [0.25, 0.3) is 5.91 Å². The number of furan rings is 1. The second kappa shape index (κ2) is 7.86. The summed E-state index contributed by atoms with van der Waals surface area (Å²) in [6, 6.07) is 17.4. The van der Waals surface area contributed by atoms with Crippen molar-refractivity contribution in [3.63, 3.8) is 0 Å². The maximum atomic E-state index is 13.6. The number of likely N-dealkylation sites (tertiary alicyclic amines) is 1. The Bertz CT molecular complexity index is 978. The maximum Gasteiger partial charge on any atom is 0.289 e. The van der Waals surface area contributed by atoms with Gasteiger partial charge < -0.3 is 18.8 Å². The summed E-state index contributed by atoms with van der Waals surface area (Å²) in [4.78, 5) is 14.2. The van der Waals surface area contributed by atoms with Crippen LogP contribution in [0.25, 0.3) is 11.3 Å². The molecule has 0 aliphatic carbocycles. The van der Waals surface area contributed by atoms with Gasteiger partial charge in [0, 0.05) is 24.2 Å². The average Bonchev–Trinajstić information content (AvgIpc) is 3.18. The van der Waals surface area contributed by atoms with Gasteiger partial charge in [-0.2, -0.15) is 0 Å². The fourth-order valence-electron chi connectivity index (χ4n) is 3.07. The molecule has 0 spiro atoms. The van der Waals surface area contributed by atoms with Gasteiger partial charge in [0.2, 0.25) is 0 Å². The number of hydrogen-bond donors (Lipinski definition) is 0. The number of carbonyl (C=O) groups is 1. The third kappa shape index (κ3) is 3.77. The number of ether oxygens (including phenoxy) is 2. The van der Waals surface area contributed by atoms with Crippen LogP contribution >= 0.6 is 0 Å². The van der Waals surface area contributed by atoms with Gasteiger partial charge in [-0.25, -0.2) is 4.39 Å². The second-order valence-electron chi connectivity index (χ2n) is 6.63. The molecule has 6 heteroatoms. The molecule has 1 saturated heterocycles. The molecule has 5 nitrogen and oxygen atoms in total. The van der Waals surface area contributed by atoms with Crippen molar-refractivity contribution in [2.75, 3.05) is 20.2 Å². The first-order chi connectivity index (χ1) is 13.6.